The van der Waals surface area contributed by atoms with Gasteiger partial charge in [-0.15, -0.1) is 0 Å². The maximum Gasteiger partial charge on any atom is 0.0447 e. The summed E-state index contributed by atoms with van der Waals surface area (Å²) in [5.41, 5.74) is 2.20. The molecule has 5 aliphatic heterocycles. The largest absolute Gasteiger partial charge is 0.0771 e. The predicted octanol–water partition coefficient (Wildman–Crippen LogP) is 9.97. The summed E-state index contributed by atoms with van der Waals surface area (Å²) in [5, 5.41) is 0. The molecule has 0 aromatic heterocycles. The lowest BCUT2D eigenvalue weighted by Crippen LogP contribution is -2.72. The Hall–Kier alpha value is 2.58. The molecule has 5 aliphatic rings. The van der Waals surface area contributed by atoms with Gasteiger partial charge in [-0.25, -0.2) is 0 Å². The van der Waals surface area contributed by atoms with E-state index < -0.39 is 0 Å². The summed E-state index contributed by atoms with van der Waals surface area (Å²) in [4.78, 5) is 0. The first-order chi connectivity index (χ1) is 11.4. The number of hydrogen-bond acceptors (Lipinski definition) is 0. The van der Waals surface area contributed by atoms with Crippen molar-refractivity contribution in [1.82, 2.24) is 0 Å². The van der Waals surface area contributed by atoms with Crippen LogP contribution in [0.4, 0.5) is 0 Å². The smallest absolute Gasteiger partial charge is 0.0447 e. The Morgan fingerprint density at radius 2 is 0.731 bits per heavy atom. The van der Waals surface area contributed by atoms with Crippen LogP contribution in [0, 0.1) is 21.7 Å². The molecule has 6 unspecified atom stereocenters. The summed E-state index contributed by atoms with van der Waals surface area (Å²) in [6, 6.07) is 0. The van der Waals surface area contributed by atoms with E-state index in [9.17, 15) is 0 Å². The lowest BCUT2D eigenvalue weighted by Gasteiger charge is -2.90. The minimum Gasteiger partial charge on any atom is -0.0771 e. The summed E-state index contributed by atoms with van der Waals surface area (Å²) in [5.74, 6) is 0. The fraction of sp³-hybridized carbons (Fsp3) is 1.00. The Bertz CT molecular complexity index is 647. The zero-order chi connectivity index (χ0) is 19.7. The molecule has 5 saturated heterocycles. The highest BCUT2D eigenvalue weighted by Crippen LogP contribution is 3.45. The lowest BCUT2D eigenvalue weighted by molar-refractivity contribution is 0.323. The van der Waals surface area contributed by atoms with E-state index >= 15 is 0 Å². The third-order valence-electron chi connectivity index (χ3n) is 7.80. The van der Waals surface area contributed by atoms with Crippen LogP contribution in [0.3, 0.4) is 0 Å². The maximum absolute atomic E-state index is 2.66. The molecule has 0 aromatic carbocycles. The van der Waals surface area contributed by atoms with E-state index in [1.165, 1.54) is 16.5 Å². The van der Waals surface area contributed by atoms with Crippen LogP contribution in [0.2, 0.25) is 0 Å². The maximum atomic E-state index is 2.66. The molecule has 5 fully saturated rings. The molecule has 0 aliphatic carbocycles. The van der Waals surface area contributed by atoms with Crippen molar-refractivity contribution in [2.45, 2.75) is 102 Å². The van der Waals surface area contributed by atoms with Gasteiger partial charge in [-0.2, -0.15) is 0 Å². The third-order valence-corrected chi connectivity index (χ3v) is 51.3. The van der Waals surface area contributed by atoms with Crippen LogP contribution in [0.25, 0.3) is 0 Å². The highest BCUT2D eigenvalue weighted by Gasteiger charge is 3.09. The first-order valence-corrected chi connectivity index (χ1v) is 19.2. The van der Waals surface area contributed by atoms with E-state index in [0.717, 1.165) is 18.6 Å². The summed E-state index contributed by atoms with van der Waals surface area (Å²) in [7, 11) is 3.64. The Balaban J connectivity index is 1.82. The predicted molar refractivity (Wildman–Crippen MR) is 133 cm³/mol. The fourth-order valence-electron chi connectivity index (χ4n) is 6.97. The van der Waals surface area contributed by atoms with Crippen LogP contribution in [-0.4, -0.2) is 18.6 Å². The number of fused-ring (bicyclic) bond motifs is 2. The normalized spacial score (nSPS) is 58.6. The molecular weight excluding hydrogens is 426 g/mol. The monoisotopic (exact) mass is 464 g/mol. The highest BCUT2D eigenvalue weighted by molar-refractivity contribution is 8.66. The fourth-order valence-corrected chi connectivity index (χ4v) is 75.4. The van der Waals surface area contributed by atoms with Gasteiger partial charge in [0.2, 0.25) is 0 Å². The summed E-state index contributed by atoms with van der Waals surface area (Å²) in [6.07, 6.45) is 0. The zero-order valence-corrected chi connectivity index (χ0v) is 24.4. The van der Waals surface area contributed by atoms with Crippen LogP contribution in [-0.2, 0) is 0 Å². The summed E-state index contributed by atoms with van der Waals surface area (Å²) >= 11 is 0. The van der Waals surface area contributed by atoms with E-state index in [0.29, 0.717) is 21.7 Å². The van der Waals surface area contributed by atoms with Gasteiger partial charge in [-0.3, -0.25) is 0 Å². The molecule has 26 heavy (non-hydrogen) atoms. The van der Waals surface area contributed by atoms with E-state index in [-0.39, 0.29) is 31.1 Å². The van der Waals surface area contributed by atoms with Gasteiger partial charge in [0.1, 0.15) is 0 Å². The van der Waals surface area contributed by atoms with Gasteiger partial charge in [0.25, 0.3) is 0 Å². The van der Waals surface area contributed by atoms with Gasteiger partial charge in [0.05, 0.1) is 0 Å². The second-order valence-corrected chi connectivity index (χ2v) is 33.0. The van der Waals surface area contributed by atoms with Gasteiger partial charge in [-0.1, -0.05) is 131 Å². The number of rotatable bonds is 0. The summed E-state index contributed by atoms with van der Waals surface area (Å²) < 4.78 is 3.35. The van der Waals surface area contributed by atoms with Crippen molar-refractivity contribution in [3.63, 3.8) is 0 Å². The molecule has 0 nitrogen and oxygen atoms in total. The van der Waals surface area contributed by atoms with Crippen LogP contribution in [0.15, 0.2) is 0 Å². The Labute approximate surface area is 170 Å². The molecule has 0 radical (unpaired) electrons. The van der Waals surface area contributed by atoms with Gasteiger partial charge in [0.15, 0.2) is 0 Å². The van der Waals surface area contributed by atoms with Gasteiger partial charge < -0.3 is 0 Å². The molecule has 0 N–H and O–H groups in total. The minimum absolute atomic E-state index is 0.213. The standard InChI is InChI=1S/C20H38P6/c1-13(2,3)17-21-26-18(14(4,5)6)22-25(17)19(15(7,8)9)23(17)20(26,24(18)19)16(10,11)12/h21-22H,1-12H3. The molecule has 5 heterocycles. The third kappa shape index (κ3) is 1.48. The Morgan fingerprint density at radius 1 is 0.462 bits per heavy atom. The SMILES string of the molecule is CC(C)(C)C12PP3C4(C(C)(C)C)PP1C1(C(C)(C)C)P2C3(C(C)(C)C)P41. The van der Waals surface area contributed by atoms with Gasteiger partial charge in [0, 0.05) is 18.6 Å². The molecule has 6 atom stereocenters. The first-order valence-electron chi connectivity index (χ1n) is 10.2. The zero-order valence-electron chi connectivity index (χ0n) is 18.8. The molecule has 0 saturated carbocycles. The van der Waals surface area contributed by atoms with Crippen LogP contribution >= 0.6 is 47.6 Å². The van der Waals surface area contributed by atoms with E-state index in [1.807, 2.05) is 0 Å². The van der Waals surface area contributed by atoms with Crippen molar-refractivity contribution in [2.75, 3.05) is 0 Å². The van der Waals surface area contributed by atoms with Crippen molar-refractivity contribution in [3.05, 3.63) is 0 Å². The van der Waals surface area contributed by atoms with Crippen molar-refractivity contribution in [1.29, 1.82) is 0 Å². The van der Waals surface area contributed by atoms with Crippen molar-refractivity contribution >= 4 is 47.6 Å². The minimum atomic E-state index is 0.213. The van der Waals surface area contributed by atoms with Crippen molar-refractivity contribution < 1.29 is 0 Å². The van der Waals surface area contributed by atoms with Crippen LogP contribution < -0.4 is 0 Å². The van der Waals surface area contributed by atoms with Crippen molar-refractivity contribution in [2.24, 2.45) is 21.7 Å². The average molecular weight is 464 g/mol. The first kappa shape index (κ1) is 20.5. The van der Waals surface area contributed by atoms with Gasteiger partial charge >= 0.3 is 0 Å². The highest BCUT2D eigenvalue weighted by atomic mass is 32.1. The molecule has 0 aromatic rings. The Kier molecular flexibility index (Phi) is 3.68. The second kappa shape index (κ2) is 4.67. The molecule has 0 spiro atoms. The number of hydrogen-bond donors (Lipinski definition) is 0. The van der Waals surface area contributed by atoms with E-state index in [4.69, 9.17) is 0 Å². The van der Waals surface area contributed by atoms with Crippen molar-refractivity contribution in [3.8, 4) is 0 Å². The van der Waals surface area contributed by atoms with Crippen LogP contribution in [0.1, 0.15) is 83.1 Å². The second-order valence-electron chi connectivity index (χ2n) is 13.2. The van der Waals surface area contributed by atoms with Gasteiger partial charge in [-0.05, 0) is 21.7 Å². The topological polar surface area (TPSA) is 0 Å². The molecule has 5 rings (SSSR count). The summed E-state index contributed by atoms with van der Waals surface area (Å²) in [6.45, 7) is 31.9. The average Bonchev–Trinajstić information content (AvgIpc) is 2.55. The molecule has 0 amide bonds. The van der Waals surface area contributed by atoms with Crippen LogP contribution in [0.5, 0.6) is 0 Å². The molecular formula is C20H38P6. The molecule has 6 heteroatoms. The van der Waals surface area contributed by atoms with E-state index in [2.05, 4.69) is 83.1 Å². The van der Waals surface area contributed by atoms with E-state index in [1.54, 1.807) is 0 Å². The molecule has 148 valence electrons. The quantitative estimate of drug-likeness (QED) is 0.313. The molecule has 0 bridgehead atoms. The Morgan fingerprint density at radius 3 is 0.923 bits per heavy atom. The lowest BCUT2D eigenvalue weighted by atomic mass is 9.97.